The van der Waals surface area contributed by atoms with Crippen molar-refractivity contribution >= 4 is 23.0 Å². The minimum absolute atomic E-state index is 0.0465. The quantitative estimate of drug-likeness (QED) is 0.669. The summed E-state index contributed by atoms with van der Waals surface area (Å²) in [6.07, 6.45) is 2.25. The normalized spacial score (nSPS) is 16.7. The Morgan fingerprint density at radius 3 is 2.57 bits per heavy atom. The number of rotatable bonds is 5. The smallest absolute Gasteiger partial charge is 0.265 e. The predicted octanol–water partition coefficient (Wildman–Crippen LogP) is 4.16. The number of carbonyl (C=O) groups is 2. The molecule has 2 aliphatic rings. The van der Waals surface area contributed by atoms with Crippen LogP contribution in [-0.2, 0) is 6.42 Å². The first-order valence-electron chi connectivity index (χ1n) is 10.6. The predicted molar refractivity (Wildman–Crippen MR) is 116 cm³/mol. The monoisotopic (exact) mass is 428 g/mol. The van der Waals surface area contributed by atoms with Crippen LogP contribution in [0.1, 0.15) is 57.4 Å². The third-order valence-corrected chi connectivity index (χ3v) is 6.77. The molecular weight excluding hydrogens is 400 g/mol. The van der Waals surface area contributed by atoms with Crippen LogP contribution in [0, 0.1) is 18.8 Å². The van der Waals surface area contributed by atoms with Crippen molar-refractivity contribution in [3.8, 4) is 11.5 Å². The van der Waals surface area contributed by atoms with Crippen LogP contribution in [0.3, 0.4) is 0 Å². The number of thiazole rings is 1. The van der Waals surface area contributed by atoms with E-state index in [4.69, 9.17) is 9.47 Å². The molecule has 0 N–H and O–H groups in total. The van der Waals surface area contributed by atoms with E-state index in [9.17, 15) is 9.59 Å². The fourth-order valence-corrected chi connectivity index (χ4v) is 5.25. The van der Waals surface area contributed by atoms with E-state index in [0.29, 0.717) is 62.1 Å². The highest BCUT2D eigenvalue weighted by Crippen LogP contribution is 2.33. The molecule has 4 rings (SSSR count). The van der Waals surface area contributed by atoms with Crippen LogP contribution in [0.15, 0.2) is 18.2 Å². The Kier molecular flexibility index (Phi) is 6.09. The van der Waals surface area contributed by atoms with Crippen molar-refractivity contribution in [1.29, 1.82) is 0 Å². The number of aryl methyl sites for hydroxylation is 1. The van der Waals surface area contributed by atoms with Gasteiger partial charge in [0, 0.05) is 31.0 Å². The minimum atomic E-state index is -0.0735. The zero-order chi connectivity index (χ0) is 21.3. The lowest BCUT2D eigenvalue weighted by Gasteiger charge is -2.31. The van der Waals surface area contributed by atoms with Gasteiger partial charge in [0.1, 0.15) is 18.1 Å². The summed E-state index contributed by atoms with van der Waals surface area (Å²) in [6.45, 7) is 8.44. The first-order chi connectivity index (χ1) is 14.4. The van der Waals surface area contributed by atoms with Crippen molar-refractivity contribution in [3.63, 3.8) is 0 Å². The Hall–Kier alpha value is -2.41. The molecule has 0 aliphatic carbocycles. The lowest BCUT2D eigenvalue weighted by atomic mass is 9.88. The number of hydrogen-bond acceptors (Lipinski definition) is 6. The molecule has 6 nitrogen and oxygen atoms in total. The molecule has 1 saturated heterocycles. The van der Waals surface area contributed by atoms with Crippen molar-refractivity contribution < 1.29 is 19.1 Å². The summed E-state index contributed by atoms with van der Waals surface area (Å²) >= 11 is 1.51. The van der Waals surface area contributed by atoms with Crippen LogP contribution in [-0.4, -0.2) is 47.9 Å². The van der Waals surface area contributed by atoms with E-state index in [1.165, 1.54) is 11.3 Å². The maximum atomic E-state index is 13.0. The van der Waals surface area contributed by atoms with Gasteiger partial charge in [-0.05, 0) is 43.9 Å². The van der Waals surface area contributed by atoms with E-state index in [-0.39, 0.29) is 17.6 Å². The van der Waals surface area contributed by atoms with Gasteiger partial charge in [-0.2, -0.15) is 0 Å². The Morgan fingerprint density at radius 2 is 1.87 bits per heavy atom. The summed E-state index contributed by atoms with van der Waals surface area (Å²) in [5.74, 6) is 1.93. The zero-order valence-corrected chi connectivity index (χ0v) is 18.6. The number of Topliss-reactive ketones (excluding diaryl/α,β-unsaturated/α-hetero) is 1. The van der Waals surface area contributed by atoms with Crippen molar-refractivity contribution in [2.24, 2.45) is 11.8 Å². The van der Waals surface area contributed by atoms with Crippen molar-refractivity contribution in [2.45, 2.75) is 40.0 Å². The molecule has 1 aromatic heterocycles. The molecule has 160 valence electrons. The number of hydrogen-bond donors (Lipinski definition) is 0. The van der Waals surface area contributed by atoms with Crippen LogP contribution in [0.2, 0.25) is 0 Å². The molecule has 1 aromatic carbocycles. The summed E-state index contributed by atoms with van der Waals surface area (Å²) in [5.41, 5.74) is 1.47. The van der Waals surface area contributed by atoms with Gasteiger partial charge in [0.15, 0.2) is 17.3 Å². The lowest BCUT2D eigenvalue weighted by Crippen LogP contribution is -2.40. The molecule has 2 aromatic rings. The van der Waals surface area contributed by atoms with Crippen molar-refractivity contribution in [3.05, 3.63) is 39.3 Å². The fraction of sp³-hybridized carbons (Fsp3) is 0.522. The Labute approximate surface area is 181 Å². The molecule has 0 atom stereocenters. The van der Waals surface area contributed by atoms with Gasteiger partial charge in [-0.3, -0.25) is 9.59 Å². The van der Waals surface area contributed by atoms with Gasteiger partial charge in [0.2, 0.25) is 0 Å². The molecule has 1 fully saturated rings. The van der Waals surface area contributed by atoms with Gasteiger partial charge in [-0.25, -0.2) is 4.98 Å². The van der Waals surface area contributed by atoms with Crippen LogP contribution < -0.4 is 9.47 Å². The molecule has 0 unspecified atom stereocenters. The first-order valence-corrected chi connectivity index (χ1v) is 11.4. The fourth-order valence-electron chi connectivity index (χ4n) is 4.01. The number of ether oxygens (including phenoxy) is 2. The Bertz CT molecular complexity index is 945. The highest BCUT2D eigenvalue weighted by atomic mass is 32.1. The Morgan fingerprint density at radius 1 is 1.17 bits per heavy atom. The second-order valence-electron chi connectivity index (χ2n) is 8.41. The van der Waals surface area contributed by atoms with Crippen molar-refractivity contribution in [2.75, 3.05) is 26.3 Å². The zero-order valence-electron chi connectivity index (χ0n) is 17.8. The molecule has 0 saturated carbocycles. The minimum Gasteiger partial charge on any atom is -0.486 e. The maximum absolute atomic E-state index is 13.0. The number of fused-ring (bicyclic) bond motifs is 1. The topological polar surface area (TPSA) is 68.7 Å². The second kappa shape index (κ2) is 8.76. The number of ketones is 1. The van der Waals surface area contributed by atoms with E-state index in [2.05, 4.69) is 18.8 Å². The number of piperidine rings is 1. The van der Waals surface area contributed by atoms with Crippen LogP contribution in [0.5, 0.6) is 11.5 Å². The second-order valence-corrected chi connectivity index (χ2v) is 9.49. The highest BCUT2D eigenvalue weighted by molar-refractivity contribution is 7.13. The largest absolute Gasteiger partial charge is 0.486 e. The summed E-state index contributed by atoms with van der Waals surface area (Å²) in [4.78, 5) is 33.2. The summed E-state index contributed by atoms with van der Waals surface area (Å²) < 4.78 is 11.1. The third-order valence-electron chi connectivity index (χ3n) is 5.60. The van der Waals surface area contributed by atoms with Gasteiger partial charge < -0.3 is 14.4 Å². The van der Waals surface area contributed by atoms with Gasteiger partial charge in [-0.1, -0.05) is 13.8 Å². The first kappa shape index (κ1) is 20.8. The number of carbonyl (C=O) groups excluding carboxylic acids is 2. The summed E-state index contributed by atoms with van der Waals surface area (Å²) in [6, 6.07) is 5.40. The van der Waals surface area contributed by atoms with E-state index < -0.39 is 0 Å². The van der Waals surface area contributed by atoms with E-state index in [1.807, 2.05) is 24.0 Å². The molecule has 1 amide bonds. The van der Waals surface area contributed by atoms with Crippen LogP contribution in [0.25, 0.3) is 0 Å². The summed E-state index contributed by atoms with van der Waals surface area (Å²) in [7, 11) is 0. The Balaban J connectivity index is 1.38. The summed E-state index contributed by atoms with van der Waals surface area (Å²) in [5, 5.41) is 1.02. The molecule has 3 heterocycles. The van der Waals surface area contributed by atoms with Gasteiger partial charge in [0.25, 0.3) is 5.91 Å². The molecule has 0 spiro atoms. The number of likely N-dealkylation sites (tertiary alicyclic amines) is 1. The van der Waals surface area contributed by atoms with Crippen molar-refractivity contribution in [1.82, 2.24) is 9.88 Å². The highest BCUT2D eigenvalue weighted by Gasteiger charge is 2.30. The molecule has 0 bridgehead atoms. The van der Waals surface area contributed by atoms with Gasteiger partial charge >= 0.3 is 0 Å². The van der Waals surface area contributed by atoms with E-state index in [0.717, 1.165) is 22.0 Å². The number of benzene rings is 1. The van der Waals surface area contributed by atoms with Gasteiger partial charge in [0.05, 0.1) is 10.7 Å². The third kappa shape index (κ3) is 4.36. The maximum Gasteiger partial charge on any atom is 0.265 e. The molecule has 0 radical (unpaired) electrons. The average molecular weight is 429 g/mol. The lowest BCUT2D eigenvalue weighted by molar-refractivity contribution is 0.0653. The average Bonchev–Trinajstić information content (AvgIpc) is 3.11. The number of amides is 1. The van der Waals surface area contributed by atoms with Crippen LogP contribution >= 0.6 is 11.3 Å². The van der Waals surface area contributed by atoms with E-state index >= 15 is 0 Å². The molecule has 30 heavy (non-hydrogen) atoms. The molecule has 2 aliphatic heterocycles. The van der Waals surface area contributed by atoms with E-state index in [1.54, 1.807) is 6.07 Å². The standard InChI is InChI=1S/C23H28N2O4S/c1-14(2)12-20-24-15(3)22(30-20)23(27)25-8-6-16(7-9-25)21(26)17-4-5-18-19(13-17)29-11-10-28-18/h4-5,13-14,16H,6-12H2,1-3H3. The SMILES string of the molecule is Cc1nc(CC(C)C)sc1C(=O)N1CCC(C(=O)c2ccc3c(c2)OCCO3)CC1. The number of nitrogens with zero attached hydrogens (tertiary/aromatic N) is 2. The number of aromatic nitrogens is 1. The molecule has 7 heteroatoms. The van der Waals surface area contributed by atoms with Gasteiger partial charge in [-0.15, -0.1) is 11.3 Å². The molecular formula is C23H28N2O4S. The van der Waals surface area contributed by atoms with Crippen LogP contribution in [0.4, 0.5) is 0 Å².